The van der Waals surface area contributed by atoms with Crippen molar-refractivity contribution in [3.05, 3.63) is 23.9 Å². The average molecular weight is 191 g/mol. The molecular weight excluding hydrogens is 182 g/mol. The summed E-state index contributed by atoms with van der Waals surface area (Å²) in [7, 11) is 1.72. The third kappa shape index (κ3) is 1.35. The molecule has 0 fully saturated rings. The minimum absolute atomic E-state index is 0.0367. The van der Waals surface area contributed by atoms with Crippen LogP contribution in [0.3, 0.4) is 0 Å². The number of ketones is 1. The first-order valence-corrected chi connectivity index (χ1v) is 4.18. The van der Waals surface area contributed by atoms with Crippen LogP contribution >= 0.6 is 0 Å². The van der Waals surface area contributed by atoms with Gasteiger partial charge in [-0.25, -0.2) is 0 Å². The molecule has 0 aromatic carbocycles. The van der Waals surface area contributed by atoms with E-state index in [1.54, 1.807) is 25.2 Å². The van der Waals surface area contributed by atoms with Crippen LogP contribution in [-0.2, 0) is 0 Å². The molecule has 2 heterocycles. The van der Waals surface area contributed by atoms with Gasteiger partial charge in [-0.15, -0.1) is 5.10 Å². The minimum Gasteiger partial charge on any atom is -0.313 e. The van der Waals surface area contributed by atoms with Crippen molar-refractivity contribution < 1.29 is 4.79 Å². The van der Waals surface area contributed by atoms with Gasteiger partial charge in [0.15, 0.2) is 11.4 Å². The maximum atomic E-state index is 11.6. The number of hydrogen-bond donors (Lipinski definition) is 1. The summed E-state index contributed by atoms with van der Waals surface area (Å²) in [5.74, 6) is -0.0367. The van der Waals surface area contributed by atoms with Crippen LogP contribution in [0.15, 0.2) is 18.2 Å². The normalized spacial score (nSPS) is 10.6. The van der Waals surface area contributed by atoms with E-state index in [0.29, 0.717) is 11.3 Å². The molecule has 0 aliphatic heterocycles. The average Bonchev–Trinajstić information content (AvgIpc) is 2.65. The fourth-order valence-electron chi connectivity index (χ4n) is 1.23. The number of carbonyl (C=O) groups excluding carboxylic acids is 1. The second-order valence-corrected chi connectivity index (χ2v) is 2.81. The van der Waals surface area contributed by atoms with Gasteiger partial charge in [-0.2, -0.15) is 4.52 Å². The van der Waals surface area contributed by atoms with Crippen LogP contribution in [0.5, 0.6) is 0 Å². The highest BCUT2D eigenvalue weighted by Gasteiger charge is 2.10. The van der Waals surface area contributed by atoms with Gasteiger partial charge in [0.1, 0.15) is 5.69 Å². The molecule has 0 bridgehead atoms. The fourth-order valence-corrected chi connectivity index (χ4v) is 1.23. The third-order valence-corrected chi connectivity index (χ3v) is 1.84. The molecule has 0 spiro atoms. The lowest BCUT2D eigenvalue weighted by atomic mass is 10.2. The SMILES string of the molecule is CNCC(=O)c1cccc2nnnn12. The van der Waals surface area contributed by atoms with Gasteiger partial charge in [0, 0.05) is 0 Å². The van der Waals surface area contributed by atoms with Gasteiger partial charge in [0.2, 0.25) is 0 Å². The summed E-state index contributed by atoms with van der Waals surface area (Å²) in [5.41, 5.74) is 1.06. The number of carbonyl (C=O) groups is 1. The van der Waals surface area contributed by atoms with Crippen LogP contribution in [0.1, 0.15) is 10.5 Å². The monoisotopic (exact) mass is 191 g/mol. The second-order valence-electron chi connectivity index (χ2n) is 2.81. The summed E-state index contributed by atoms with van der Waals surface area (Å²) in [6, 6.07) is 5.20. The largest absolute Gasteiger partial charge is 0.313 e. The van der Waals surface area contributed by atoms with Gasteiger partial charge in [-0.3, -0.25) is 4.79 Å². The molecule has 2 aromatic rings. The molecule has 0 amide bonds. The Bertz CT molecular complexity index is 463. The second kappa shape index (κ2) is 3.51. The Labute approximate surface area is 79.9 Å². The number of likely N-dealkylation sites (N-methyl/N-ethyl adjacent to an activating group) is 1. The summed E-state index contributed by atoms with van der Waals surface area (Å²) in [6.07, 6.45) is 0. The van der Waals surface area contributed by atoms with E-state index >= 15 is 0 Å². The molecule has 0 aliphatic rings. The topological polar surface area (TPSA) is 72.2 Å². The Morgan fingerprint density at radius 2 is 2.43 bits per heavy atom. The van der Waals surface area contributed by atoms with Gasteiger partial charge >= 0.3 is 0 Å². The third-order valence-electron chi connectivity index (χ3n) is 1.84. The lowest BCUT2D eigenvalue weighted by Crippen LogP contribution is -2.21. The van der Waals surface area contributed by atoms with E-state index in [2.05, 4.69) is 20.8 Å². The van der Waals surface area contributed by atoms with Crippen LogP contribution in [0.4, 0.5) is 0 Å². The number of nitrogens with zero attached hydrogens (tertiary/aromatic N) is 4. The molecule has 2 aromatic heterocycles. The molecule has 2 rings (SSSR count). The van der Waals surface area contributed by atoms with Crippen molar-refractivity contribution in [3.8, 4) is 0 Å². The first-order valence-electron chi connectivity index (χ1n) is 4.18. The Morgan fingerprint density at radius 1 is 1.57 bits per heavy atom. The molecular formula is C8H9N5O. The molecule has 72 valence electrons. The van der Waals surface area contributed by atoms with Crippen molar-refractivity contribution in [2.24, 2.45) is 0 Å². The molecule has 6 heteroatoms. The lowest BCUT2D eigenvalue weighted by Gasteiger charge is -2.00. The predicted octanol–water partition coefficient (Wildman–Crippen LogP) is -0.474. The minimum atomic E-state index is -0.0367. The van der Waals surface area contributed by atoms with Crippen molar-refractivity contribution >= 4 is 11.4 Å². The molecule has 6 nitrogen and oxygen atoms in total. The highest BCUT2D eigenvalue weighted by molar-refractivity contribution is 5.96. The summed E-state index contributed by atoms with van der Waals surface area (Å²) in [5, 5.41) is 13.8. The number of rotatable bonds is 3. The van der Waals surface area contributed by atoms with E-state index in [-0.39, 0.29) is 12.3 Å². The van der Waals surface area contributed by atoms with E-state index in [1.807, 2.05) is 0 Å². The van der Waals surface area contributed by atoms with E-state index in [1.165, 1.54) is 4.52 Å². The molecule has 0 aliphatic carbocycles. The zero-order valence-electron chi connectivity index (χ0n) is 7.64. The van der Waals surface area contributed by atoms with Gasteiger partial charge in [-0.1, -0.05) is 6.07 Å². The quantitative estimate of drug-likeness (QED) is 0.664. The van der Waals surface area contributed by atoms with Crippen molar-refractivity contribution in [1.29, 1.82) is 0 Å². The Morgan fingerprint density at radius 3 is 3.21 bits per heavy atom. The highest BCUT2D eigenvalue weighted by atomic mass is 16.1. The summed E-state index contributed by atoms with van der Waals surface area (Å²) in [6.45, 7) is 0.277. The number of fused-ring (bicyclic) bond motifs is 1. The lowest BCUT2D eigenvalue weighted by molar-refractivity contribution is 0.0986. The molecule has 0 unspecified atom stereocenters. The fraction of sp³-hybridized carbons (Fsp3) is 0.250. The van der Waals surface area contributed by atoms with Crippen molar-refractivity contribution in [2.45, 2.75) is 0 Å². The molecule has 0 atom stereocenters. The predicted molar refractivity (Wildman–Crippen MR) is 49.0 cm³/mol. The van der Waals surface area contributed by atoms with Crippen LogP contribution in [0, 0.1) is 0 Å². The van der Waals surface area contributed by atoms with E-state index in [9.17, 15) is 4.79 Å². The van der Waals surface area contributed by atoms with E-state index < -0.39 is 0 Å². The Hall–Kier alpha value is -1.82. The number of aromatic nitrogens is 4. The maximum absolute atomic E-state index is 11.6. The maximum Gasteiger partial charge on any atom is 0.195 e. The van der Waals surface area contributed by atoms with Gasteiger partial charge in [0.05, 0.1) is 6.54 Å². The summed E-state index contributed by atoms with van der Waals surface area (Å²) < 4.78 is 1.43. The van der Waals surface area contributed by atoms with Crippen LogP contribution in [0.2, 0.25) is 0 Å². The number of Topliss-reactive ketones (excluding diaryl/α,β-unsaturated/α-hetero) is 1. The number of pyridine rings is 1. The summed E-state index contributed by atoms with van der Waals surface area (Å²) in [4.78, 5) is 11.6. The van der Waals surface area contributed by atoms with Gasteiger partial charge in [-0.05, 0) is 29.6 Å². The molecule has 0 saturated heterocycles. The highest BCUT2D eigenvalue weighted by Crippen LogP contribution is 2.02. The van der Waals surface area contributed by atoms with Crippen LogP contribution in [0.25, 0.3) is 5.65 Å². The number of nitrogens with one attached hydrogen (secondary N) is 1. The zero-order valence-corrected chi connectivity index (χ0v) is 7.64. The van der Waals surface area contributed by atoms with Crippen molar-refractivity contribution in [2.75, 3.05) is 13.6 Å². The Balaban J connectivity index is 2.50. The number of tetrazole rings is 1. The number of hydrogen-bond acceptors (Lipinski definition) is 5. The molecule has 14 heavy (non-hydrogen) atoms. The molecule has 1 N–H and O–H groups in total. The first kappa shape index (κ1) is 8.76. The standard InChI is InChI=1S/C8H9N5O/c1-9-5-7(14)6-3-2-4-8-10-11-12-13(6)8/h2-4,9H,5H2,1H3. The van der Waals surface area contributed by atoms with E-state index in [4.69, 9.17) is 0 Å². The van der Waals surface area contributed by atoms with Gasteiger partial charge in [0.25, 0.3) is 0 Å². The van der Waals surface area contributed by atoms with Crippen molar-refractivity contribution in [3.63, 3.8) is 0 Å². The molecule has 0 saturated carbocycles. The van der Waals surface area contributed by atoms with Crippen molar-refractivity contribution in [1.82, 2.24) is 25.4 Å². The summed E-state index contributed by atoms with van der Waals surface area (Å²) >= 11 is 0. The smallest absolute Gasteiger partial charge is 0.195 e. The first-order chi connectivity index (χ1) is 6.83. The van der Waals surface area contributed by atoms with Crippen LogP contribution in [-0.4, -0.2) is 39.4 Å². The van der Waals surface area contributed by atoms with Gasteiger partial charge < -0.3 is 5.32 Å². The Kier molecular flexibility index (Phi) is 2.19. The van der Waals surface area contributed by atoms with E-state index in [0.717, 1.165) is 0 Å². The molecule has 0 radical (unpaired) electrons. The zero-order chi connectivity index (χ0) is 9.97. The van der Waals surface area contributed by atoms with Crippen LogP contribution < -0.4 is 5.32 Å².